The van der Waals surface area contributed by atoms with E-state index < -0.39 is 97.1 Å². The van der Waals surface area contributed by atoms with Crippen molar-refractivity contribution in [3.63, 3.8) is 0 Å². The van der Waals surface area contributed by atoms with Crippen molar-refractivity contribution in [2.24, 2.45) is 0 Å². The molecule has 0 aromatic rings. The largest absolute Gasteiger partial charge is 0.951 e. The number of amides is 3. The topological polar surface area (TPSA) is 217 Å². The van der Waals surface area contributed by atoms with Gasteiger partial charge in [0.05, 0.1) is 33.9 Å². The van der Waals surface area contributed by atoms with Gasteiger partial charge in [0.15, 0.2) is 0 Å². The van der Waals surface area contributed by atoms with Crippen molar-refractivity contribution < 1.29 is 49.3 Å². The fourth-order valence-electron chi connectivity index (χ4n) is 3.10. The van der Waals surface area contributed by atoms with Crippen molar-refractivity contribution >= 4 is 63.2 Å². The molecule has 0 rings (SSSR count). The summed E-state index contributed by atoms with van der Waals surface area (Å²) >= 11 is -4.67. The molecule has 228 valence electrons. The summed E-state index contributed by atoms with van der Waals surface area (Å²) in [4.78, 5) is 34.9. The number of carbonyl (C=O) groups excluding carboxylic acids is 3. The molecule has 15 nitrogen and oxygen atoms in total. The van der Waals surface area contributed by atoms with Gasteiger partial charge in [0.1, 0.15) is 0 Å². The Morgan fingerprint density at radius 2 is 0.775 bits per heavy atom. The molecular formula is C21H36AlN3O12S3. The summed E-state index contributed by atoms with van der Waals surface area (Å²) in [6.07, 6.45) is 2.66. The zero-order chi connectivity index (χ0) is 31.8. The Morgan fingerprint density at radius 3 is 0.950 bits per heavy atom. The van der Waals surface area contributed by atoms with Crippen LogP contribution in [0.1, 0.15) is 41.5 Å². The molecule has 0 aromatic heterocycles. The first-order valence-corrected chi connectivity index (χ1v) is 17.5. The van der Waals surface area contributed by atoms with Crippen LogP contribution in [-0.2, 0) is 54.4 Å². The summed E-state index contributed by atoms with van der Waals surface area (Å²) in [7, 11) is -14.4. The van der Waals surface area contributed by atoms with E-state index >= 15 is 0 Å². The van der Waals surface area contributed by atoms with Gasteiger partial charge in [0.2, 0.25) is 48.1 Å². The Morgan fingerprint density at radius 1 is 0.575 bits per heavy atom. The van der Waals surface area contributed by atoms with Gasteiger partial charge in [-0.15, -0.1) is 0 Å². The van der Waals surface area contributed by atoms with Gasteiger partial charge in [-0.3, -0.25) is 14.4 Å². The summed E-state index contributed by atoms with van der Waals surface area (Å²) in [5.74, 6) is -5.01. The van der Waals surface area contributed by atoms with Crippen molar-refractivity contribution in [3.05, 3.63) is 38.0 Å². The molecule has 0 heterocycles. The fourth-order valence-corrected chi connectivity index (χ4v) is 10.9. The first-order valence-electron chi connectivity index (χ1n) is 11.3. The second-order valence-electron chi connectivity index (χ2n) is 10.4. The fraction of sp³-hybridized carbons (Fsp3) is 0.571. The van der Waals surface area contributed by atoms with Crippen LogP contribution < -0.4 is 16.0 Å². The molecule has 0 radical (unpaired) electrons. The quantitative estimate of drug-likeness (QED) is 0.124. The standard InChI is InChI=1S/3C7H13NO4S.Al/c3*1-4-6(9)8-7(2,3)5-13(10,11)12;/h3*4H,1,5H2,2-3H3,(H,8,9)(H,10,11,12);/q;;;+3/p-3. The molecule has 19 heteroatoms. The molecular weight excluding hydrogens is 609 g/mol. The zero-order valence-corrected chi connectivity index (χ0v) is 26.8. The van der Waals surface area contributed by atoms with Gasteiger partial charge >= 0.3 is 15.1 Å². The van der Waals surface area contributed by atoms with Gasteiger partial charge in [-0.25, -0.2) is 25.3 Å². The molecule has 0 aromatic carbocycles. The molecule has 0 spiro atoms. The Balaban J connectivity index is 6.21. The first kappa shape index (κ1) is 37.9. The van der Waals surface area contributed by atoms with E-state index in [2.05, 4.69) is 35.7 Å². The molecule has 0 bridgehead atoms. The van der Waals surface area contributed by atoms with Crippen LogP contribution in [0.2, 0.25) is 0 Å². The highest BCUT2D eigenvalue weighted by atomic mass is 32.2. The minimum Gasteiger partial charge on any atom is -0.347 e. The van der Waals surface area contributed by atoms with Crippen molar-refractivity contribution in [2.75, 3.05) is 17.3 Å². The Kier molecular flexibility index (Phi) is 13.4. The van der Waals surface area contributed by atoms with Crippen LogP contribution in [0, 0.1) is 0 Å². The maximum atomic E-state index is 12.8. The predicted octanol–water partition coefficient (Wildman–Crippen LogP) is -0.747. The lowest BCUT2D eigenvalue weighted by Gasteiger charge is -2.27. The van der Waals surface area contributed by atoms with E-state index in [0.717, 1.165) is 18.2 Å². The molecule has 0 aliphatic carbocycles. The molecule has 0 aliphatic heterocycles. The van der Waals surface area contributed by atoms with E-state index in [1.807, 2.05) is 0 Å². The molecule has 0 saturated carbocycles. The molecule has 0 unspecified atom stereocenters. The van der Waals surface area contributed by atoms with Gasteiger partial charge in [-0.05, 0) is 59.8 Å². The van der Waals surface area contributed by atoms with Crippen LogP contribution in [-0.4, -0.2) is 92.0 Å². The van der Waals surface area contributed by atoms with Crippen LogP contribution in [0.25, 0.3) is 0 Å². The highest BCUT2D eigenvalue weighted by Gasteiger charge is 2.49. The summed E-state index contributed by atoms with van der Waals surface area (Å²) in [5, 5.41) is 6.98. The molecule has 3 amide bonds. The maximum absolute atomic E-state index is 12.8. The lowest BCUT2D eigenvalue weighted by molar-refractivity contribution is -0.118. The van der Waals surface area contributed by atoms with Crippen molar-refractivity contribution in [2.45, 2.75) is 58.2 Å². The third-order valence-electron chi connectivity index (χ3n) is 4.23. The molecule has 40 heavy (non-hydrogen) atoms. The average Bonchev–Trinajstić information content (AvgIpc) is 2.67. The van der Waals surface area contributed by atoms with E-state index in [0.29, 0.717) is 0 Å². The third kappa shape index (κ3) is 16.2. The summed E-state index contributed by atoms with van der Waals surface area (Å²) in [6.45, 7) is 17.6. The van der Waals surface area contributed by atoms with Gasteiger partial charge in [0, 0.05) is 0 Å². The predicted molar refractivity (Wildman–Crippen MR) is 148 cm³/mol. The monoisotopic (exact) mass is 645 g/mol. The minimum absolute atomic E-state index is 0.723. The highest BCUT2D eigenvalue weighted by molar-refractivity contribution is 7.90. The Labute approximate surface area is 241 Å². The smallest absolute Gasteiger partial charge is 0.347 e. The zero-order valence-electron chi connectivity index (χ0n) is 23.2. The molecule has 0 atom stereocenters. The minimum atomic E-state index is -4.80. The van der Waals surface area contributed by atoms with E-state index in [-0.39, 0.29) is 0 Å². The van der Waals surface area contributed by atoms with E-state index in [4.69, 9.17) is 9.70 Å². The molecule has 3 N–H and O–H groups in total. The van der Waals surface area contributed by atoms with Crippen LogP contribution in [0.5, 0.6) is 0 Å². The molecule has 0 aliphatic rings. The Bertz CT molecular complexity index is 1160. The van der Waals surface area contributed by atoms with Crippen molar-refractivity contribution in [3.8, 4) is 0 Å². The Hall–Kier alpha value is -2.11. The van der Waals surface area contributed by atoms with Gasteiger partial charge < -0.3 is 25.7 Å². The molecule has 0 fully saturated rings. The highest BCUT2D eigenvalue weighted by Crippen LogP contribution is 2.18. The number of carbonyl (C=O) groups is 3. The molecule has 0 saturated heterocycles. The maximum Gasteiger partial charge on any atom is 0.951 e. The lowest BCUT2D eigenvalue weighted by atomic mass is 10.1. The second kappa shape index (κ2) is 14.2. The summed E-state index contributed by atoms with van der Waals surface area (Å²) in [6, 6.07) is 0. The third-order valence-corrected chi connectivity index (χ3v) is 12.9. The normalized spacial score (nSPS) is 13.1. The van der Waals surface area contributed by atoms with Gasteiger partial charge in [-0.2, -0.15) is 0 Å². The summed E-state index contributed by atoms with van der Waals surface area (Å²) in [5.41, 5.74) is -4.43. The number of hydrogen-bond donors (Lipinski definition) is 3. The number of rotatable bonds is 18. The van der Waals surface area contributed by atoms with Crippen LogP contribution in [0.3, 0.4) is 0 Å². The van der Waals surface area contributed by atoms with Crippen LogP contribution in [0.4, 0.5) is 0 Å². The van der Waals surface area contributed by atoms with E-state index in [1.54, 1.807) is 0 Å². The van der Waals surface area contributed by atoms with Crippen molar-refractivity contribution in [1.29, 1.82) is 0 Å². The van der Waals surface area contributed by atoms with Gasteiger partial charge in [-0.1, -0.05) is 19.7 Å². The van der Waals surface area contributed by atoms with E-state index in [9.17, 15) is 39.6 Å². The second-order valence-corrected chi connectivity index (χ2v) is 17.5. The van der Waals surface area contributed by atoms with Crippen molar-refractivity contribution in [1.82, 2.24) is 16.0 Å². The average molecular weight is 646 g/mol. The van der Waals surface area contributed by atoms with Gasteiger partial charge in [0.25, 0.3) is 0 Å². The first-order chi connectivity index (χ1) is 17.8. The van der Waals surface area contributed by atoms with Crippen LogP contribution >= 0.6 is 0 Å². The number of nitrogens with one attached hydrogen (secondary N) is 3. The number of hydrogen-bond acceptors (Lipinski definition) is 12. The summed E-state index contributed by atoms with van der Waals surface area (Å²) < 4.78 is 91.2. The lowest BCUT2D eigenvalue weighted by Crippen LogP contribution is -2.51. The van der Waals surface area contributed by atoms with Crippen LogP contribution in [0.15, 0.2) is 38.0 Å². The van der Waals surface area contributed by atoms with E-state index in [1.165, 1.54) is 41.5 Å². The SMILES string of the molecule is C=CC(=O)NC(C)(C)CS(=O)(=O)[O][Al]([O]S(=O)(=O)CC(C)(C)NC(=O)C=C)[O]S(=O)(=O)CC(C)(C)NC(=O)C=C.